The summed E-state index contributed by atoms with van der Waals surface area (Å²) in [5.74, 6) is -0.481. The number of nitrogens with one attached hydrogen (secondary N) is 2. The maximum atomic E-state index is 13.2. The summed E-state index contributed by atoms with van der Waals surface area (Å²) in [5, 5.41) is 3.52. The summed E-state index contributed by atoms with van der Waals surface area (Å²) in [4.78, 5) is 0.210. The lowest BCUT2D eigenvalue weighted by Gasteiger charge is -2.14. The molecule has 2 aromatic carbocycles. The highest BCUT2D eigenvalue weighted by Crippen LogP contribution is 2.22. The first-order chi connectivity index (χ1) is 11.9. The fourth-order valence-corrected chi connectivity index (χ4v) is 4.55. The summed E-state index contributed by atoms with van der Waals surface area (Å²) in [6, 6.07) is 11.3. The van der Waals surface area contributed by atoms with Gasteiger partial charge in [-0.25, -0.2) is 12.8 Å². The predicted octanol–water partition coefficient (Wildman–Crippen LogP) is 3.97. The van der Waals surface area contributed by atoms with E-state index in [1.807, 2.05) is 12.1 Å². The maximum absolute atomic E-state index is 13.2. The van der Waals surface area contributed by atoms with Crippen LogP contribution in [0.25, 0.3) is 0 Å². The van der Waals surface area contributed by atoms with Crippen LogP contribution in [0.1, 0.15) is 36.8 Å². The van der Waals surface area contributed by atoms with Crippen molar-refractivity contribution >= 4 is 15.7 Å². The lowest BCUT2D eigenvalue weighted by molar-refractivity contribution is 0.524. The van der Waals surface area contributed by atoms with Gasteiger partial charge in [0, 0.05) is 12.6 Å². The van der Waals surface area contributed by atoms with Gasteiger partial charge in [-0.3, -0.25) is 4.72 Å². The first kappa shape index (κ1) is 17.9. The quantitative estimate of drug-likeness (QED) is 0.817. The Morgan fingerprint density at radius 2 is 1.88 bits per heavy atom. The molecule has 4 nitrogen and oxygen atoms in total. The van der Waals surface area contributed by atoms with Crippen molar-refractivity contribution < 1.29 is 12.8 Å². The number of sulfonamides is 1. The normalized spacial score (nSPS) is 15.4. The minimum atomic E-state index is -3.75. The van der Waals surface area contributed by atoms with E-state index in [-0.39, 0.29) is 10.6 Å². The summed E-state index contributed by atoms with van der Waals surface area (Å²) in [6.07, 6.45) is 4.98. The second-order valence-corrected chi connectivity index (χ2v) is 8.23. The van der Waals surface area contributed by atoms with Gasteiger partial charge in [0.25, 0.3) is 10.0 Å². The molecule has 0 aliphatic heterocycles. The molecule has 6 heteroatoms. The molecule has 0 aromatic heterocycles. The van der Waals surface area contributed by atoms with Crippen molar-refractivity contribution in [2.75, 3.05) is 4.72 Å². The number of halogens is 1. The van der Waals surface area contributed by atoms with E-state index in [2.05, 4.69) is 10.0 Å². The largest absolute Gasteiger partial charge is 0.310 e. The molecule has 0 radical (unpaired) electrons. The average Bonchev–Trinajstić information content (AvgIpc) is 3.05. The molecule has 0 heterocycles. The summed E-state index contributed by atoms with van der Waals surface area (Å²) < 4.78 is 40.8. The standard InChI is InChI=1S/C19H23FN2O2S/c1-14-11-15(13-21-17-6-2-3-7-17)9-10-19(14)25(23,24)22-18-8-4-5-16(20)12-18/h4-5,8-12,17,21-22H,2-3,6-7,13H2,1H3. The number of hydrogen-bond acceptors (Lipinski definition) is 3. The van der Waals surface area contributed by atoms with Crippen LogP contribution in [0.4, 0.5) is 10.1 Å². The van der Waals surface area contributed by atoms with Crippen molar-refractivity contribution in [3.8, 4) is 0 Å². The average molecular weight is 362 g/mol. The van der Waals surface area contributed by atoms with Crippen molar-refractivity contribution in [1.82, 2.24) is 5.32 Å². The van der Waals surface area contributed by atoms with E-state index in [1.54, 1.807) is 13.0 Å². The molecule has 0 amide bonds. The molecule has 0 unspecified atom stereocenters. The van der Waals surface area contributed by atoms with Crippen molar-refractivity contribution in [2.45, 2.75) is 50.1 Å². The molecule has 1 saturated carbocycles. The van der Waals surface area contributed by atoms with E-state index >= 15 is 0 Å². The Kier molecular flexibility index (Phi) is 5.39. The van der Waals surface area contributed by atoms with Crippen LogP contribution in [0.5, 0.6) is 0 Å². The third kappa shape index (κ3) is 4.58. The van der Waals surface area contributed by atoms with Crippen LogP contribution in [0.2, 0.25) is 0 Å². The first-order valence-electron chi connectivity index (χ1n) is 8.55. The molecule has 25 heavy (non-hydrogen) atoms. The van der Waals surface area contributed by atoms with Crippen molar-refractivity contribution in [3.63, 3.8) is 0 Å². The van der Waals surface area contributed by atoms with Crippen LogP contribution in [-0.2, 0) is 16.6 Å². The number of anilines is 1. The first-order valence-corrected chi connectivity index (χ1v) is 10.0. The smallest absolute Gasteiger partial charge is 0.262 e. The van der Waals surface area contributed by atoms with Gasteiger partial charge >= 0.3 is 0 Å². The van der Waals surface area contributed by atoms with Gasteiger partial charge in [0.2, 0.25) is 0 Å². The molecule has 1 aliphatic rings. The molecular weight excluding hydrogens is 339 g/mol. The highest BCUT2D eigenvalue weighted by molar-refractivity contribution is 7.92. The molecule has 3 rings (SSSR count). The van der Waals surface area contributed by atoms with Crippen LogP contribution in [0.3, 0.4) is 0 Å². The molecule has 0 atom stereocenters. The van der Waals surface area contributed by atoms with E-state index in [1.165, 1.54) is 43.9 Å². The van der Waals surface area contributed by atoms with E-state index in [0.717, 1.165) is 18.2 Å². The Morgan fingerprint density at radius 1 is 1.12 bits per heavy atom. The van der Waals surface area contributed by atoms with Gasteiger partial charge in [-0.05, 0) is 55.2 Å². The molecule has 1 fully saturated rings. The predicted molar refractivity (Wildman–Crippen MR) is 97.5 cm³/mol. The minimum Gasteiger partial charge on any atom is -0.310 e. The highest BCUT2D eigenvalue weighted by Gasteiger charge is 2.18. The third-order valence-corrected chi connectivity index (χ3v) is 6.10. The fourth-order valence-electron chi connectivity index (χ4n) is 3.28. The molecular formula is C19H23FN2O2S. The Labute approximate surface area is 148 Å². The van der Waals surface area contributed by atoms with Gasteiger partial charge in [0.05, 0.1) is 10.6 Å². The number of aryl methyl sites for hydroxylation is 1. The SMILES string of the molecule is Cc1cc(CNC2CCCC2)ccc1S(=O)(=O)Nc1cccc(F)c1. The second kappa shape index (κ2) is 7.54. The summed E-state index contributed by atoms with van der Waals surface area (Å²) in [7, 11) is -3.75. The summed E-state index contributed by atoms with van der Waals surface area (Å²) in [5.41, 5.74) is 1.95. The van der Waals surface area contributed by atoms with Crippen molar-refractivity contribution in [2.24, 2.45) is 0 Å². The third-order valence-electron chi connectivity index (χ3n) is 4.56. The zero-order valence-electron chi connectivity index (χ0n) is 14.3. The van der Waals surface area contributed by atoms with Gasteiger partial charge in [0.15, 0.2) is 0 Å². The Hall–Kier alpha value is -1.92. The Morgan fingerprint density at radius 3 is 2.56 bits per heavy atom. The molecule has 134 valence electrons. The van der Waals surface area contributed by atoms with Crippen molar-refractivity contribution in [1.29, 1.82) is 0 Å². The topological polar surface area (TPSA) is 58.2 Å². The van der Waals surface area contributed by atoms with Gasteiger partial charge < -0.3 is 5.32 Å². The lowest BCUT2D eigenvalue weighted by Crippen LogP contribution is -2.25. The van der Waals surface area contributed by atoms with Gasteiger partial charge in [-0.2, -0.15) is 0 Å². The van der Waals surface area contributed by atoms with Crippen LogP contribution >= 0.6 is 0 Å². The maximum Gasteiger partial charge on any atom is 0.262 e. The van der Waals surface area contributed by atoms with Crippen LogP contribution in [-0.4, -0.2) is 14.5 Å². The monoisotopic (exact) mass is 362 g/mol. The zero-order chi connectivity index (χ0) is 17.9. The minimum absolute atomic E-state index is 0.210. The van der Waals surface area contributed by atoms with E-state index in [0.29, 0.717) is 11.6 Å². The highest BCUT2D eigenvalue weighted by atomic mass is 32.2. The van der Waals surface area contributed by atoms with Crippen LogP contribution < -0.4 is 10.0 Å². The van der Waals surface area contributed by atoms with Crippen LogP contribution in [0, 0.1) is 12.7 Å². The Balaban J connectivity index is 1.72. The Bertz CT molecular complexity index is 846. The zero-order valence-corrected chi connectivity index (χ0v) is 15.1. The van der Waals surface area contributed by atoms with E-state index < -0.39 is 15.8 Å². The number of benzene rings is 2. The number of rotatable bonds is 6. The molecule has 0 saturated heterocycles. The molecule has 1 aliphatic carbocycles. The molecule has 2 aromatic rings. The van der Waals surface area contributed by atoms with Gasteiger partial charge in [0.1, 0.15) is 5.82 Å². The fraction of sp³-hybridized carbons (Fsp3) is 0.368. The van der Waals surface area contributed by atoms with Gasteiger partial charge in [-0.1, -0.05) is 31.0 Å². The molecule has 0 spiro atoms. The molecule has 0 bridgehead atoms. The van der Waals surface area contributed by atoms with Gasteiger partial charge in [-0.15, -0.1) is 0 Å². The summed E-state index contributed by atoms with van der Waals surface area (Å²) in [6.45, 7) is 2.52. The second-order valence-electron chi connectivity index (χ2n) is 6.58. The van der Waals surface area contributed by atoms with Crippen molar-refractivity contribution in [3.05, 3.63) is 59.4 Å². The van der Waals surface area contributed by atoms with E-state index in [4.69, 9.17) is 0 Å². The van der Waals surface area contributed by atoms with E-state index in [9.17, 15) is 12.8 Å². The molecule has 2 N–H and O–H groups in total. The summed E-state index contributed by atoms with van der Waals surface area (Å²) >= 11 is 0. The number of hydrogen-bond donors (Lipinski definition) is 2. The lowest BCUT2D eigenvalue weighted by atomic mass is 10.1. The van der Waals surface area contributed by atoms with Crippen LogP contribution in [0.15, 0.2) is 47.4 Å².